The summed E-state index contributed by atoms with van der Waals surface area (Å²) in [7, 11) is 0. The van der Waals surface area contributed by atoms with Crippen LogP contribution in [-0.4, -0.2) is 53.0 Å². The molecular weight excluding hydrogens is 260 g/mol. The van der Waals surface area contributed by atoms with Crippen LogP contribution in [-0.2, 0) is 6.54 Å². The van der Waals surface area contributed by atoms with Crippen molar-refractivity contribution in [2.75, 3.05) is 26.2 Å². The number of amides is 2. The lowest BCUT2D eigenvalue weighted by atomic mass is 10.2. The van der Waals surface area contributed by atoms with Crippen LogP contribution < -0.4 is 5.32 Å². The van der Waals surface area contributed by atoms with Gasteiger partial charge in [0.15, 0.2) is 0 Å². The predicted octanol–water partition coefficient (Wildman–Crippen LogP) is 1.69. The smallest absolute Gasteiger partial charge is 0.317 e. The van der Waals surface area contributed by atoms with Crippen molar-refractivity contribution >= 4 is 17.4 Å². The van der Waals surface area contributed by atoms with E-state index in [1.165, 1.54) is 0 Å². The van der Waals surface area contributed by atoms with E-state index in [2.05, 4.69) is 29.0 Å². The molecule has 6 heteroatoms. The van der Waals surface area contributed by atoms with Crippen LogP contribution in [0.4, 0.5) is 4.79 Å². The first-order valence-electron chi connectivity index (χ1n) is 6.74. The summed E-state index contributed by atoms with van der Waals surface area (Å²) in [6, 6.07) is 0.581. The Hall–Kier alpha value is -1.14. The number of thiazole rings is 1. The molecule has 2 amide bonds. The van der Waals surface area contributed by atoms with Crippen molar-refractivity contribution in [3.63, 3.8) is 0 Å². The highest BCUT2D eigenvalue weighted by atomic mass is 32.1. The number of rotatable bonds is 3. The Morgan fingerprint density at radius 2 is 2.11 bits per heavy atom. The van der Waals surface area contributed by atoms with Crippen molar-refractivity contribution in [2.24, 2.45) is 0 Å². The van der Waals surface area contributed by atoms with Gasteiger partial charge >= 0.3 is 6.03 Å². The van der Waals surface area contributed by atoms with E-state index in [1.807, 2.05) is 17.2 Å². The maximum atomic E-state index is 12.0. The van der Waals surface area contributed by atoms with E-state index in [4.69, 9.17) is 0 Å². The Bertz CT molecular complexity index is 424. The molecule has 0 spiro atoms. The monoisotopic (exact) mass is 282 g/mol. The molecule has 1 fully saturated rings. The van der Waals surface area contributed by atoms with E-state index in [0.29, 0.717) is 12.6 Å². The van der Waals surface area contributed by atoms with Crippen LogP contribution in [0, 0.1) is 6.92 Å². The molecule has 1 aromatic heterocycles. The highest BCUT2D eigenvalue weighted by molar-refractivity contribution is 7.09. The van der Waals surface area contributed by atoms with Gasteiger partial charge in [-0.2, -0.15) is 0 Å². The van der Waals surface area contributed by atoms with Crippen LogP contribution in [0.5, 0.6) is 0 Å². The fraction of sp³-hybridized carbons (Fsp3) is 0.692. The second-order valence-corrected chi connectivity index (χ2v) is 6.20. The van der Waals surface area contributed by atoms with Crippen molar-refractivity contribution in [3.05, 3.63) is 16.1 Å². The lowest BCUT2D eigenvalue weighted by Crippen LogP contribution is -2.53. The molecule has 1 aliphatic rings. The molecule has 1 saturated heterocycles. The quantitative estimate of drug-likeness (QED) is 0.918. The maximum Gasteiger partial charge on any atom is 0.317 e. The molecular formula is C13H22N4OS. The normalized spacial score (nSPS) is 16.9. The third-order valence-corrected chi connectivity index (χ3v) is 4.24. The molecule has 5 nitrogen and oxygen atoms in total. The lowest BCUT2D eigenvalue weighted by Gasteiger charge is -2.36. The van der Waals surface area contributed by atoms with Crippen molar-refractivity contribution in [1.82, 2.24) is 20.1 Å². The average molecular weight is 282 g/mol. The third kappa shape index (κ3) is 3.91. The zero-order valence-electron chi connectivity index (χ0n) is 11.8. The molecule has 0 radical (unpaired) electrons. The molecule has 1 aromatic rings. The number of nitrogens with zero attached hydrogens (tertiary/aromatic N) is 3. The summed E-state index contributed by atoms with van der Waals surface area (Å²) in [4.78, 5) is 20.7. The number of hydrogen-bond acceptors (Lipinski definition) is 4. The van der Waals surface area contributed by atoms with E-state index in [-0.39, 0.29) is 6.03 Å². The van der Waals surface area contributed by atoms with Crippen molar-refractivity contribution < 1.29 is 4.79 Å². The van der Waals surface area contributed by atoms with Gasteiger partial charge in [-0.15, -0.1) is 11.3 Å². The van der Waals surface area contributed by atoms with E-state index in [1.54, 1.807) is 11.3 Å². The summed E-state index contributed by atoms with van der Waals surface area (Å²) in [5, 5.41) is 5.97. The Balaban J connectivity index is 1.75. The third-order valence-electron chi connectivity index (χ3n) is 3.42. The molecule has 0 bridgehead atoms. The van der Waals surface area contributed by atoms with Crippen LogP contribution in [0.1, 0.15) is 24.5 Å². The van der Waals surface area contributed by atoms with Crippen LogP contribution in [0.3, 0.4) is 0 Å². The predicted molar refractivity (Wildman–Crippen MR) is 77.4 cm³/mol. The molecule has 1 N–H and O–H groups in total. The van der Waals surface area contributed by atoms with Crippen LogP contribution in [0.15, 0.2) is 5.38 Å². The number of nitrogens with one attached hydrogen (secondary N) is 1. The molecule has 0 aromatic carbocycles. The Labute approximate surface area is 118 Å². The minimum atomic E-state index is 0.0223. The minimum Gasteiger partial charge on any atom is -0.332 e. The van der Waals surface area contributed by atoms with Crippen LogP contribution >= 0.6 is 11.3 Å². The van der Waals surface area contributed by atoms with Crippen molar-refractivity contribution in [3.8, 4) is 0 Å². The summed E-state index contributed by atoms with van der Waals surface area (Å²) in [6.45, 7) is 10.4. The zero-order valence-corrected chi connectivity index (χ0v) is 12.7. The first kappa shape index (κ1) is 14.3. The number of urea groups is 1. The Morgan fingerprint density at radius 1 is 1.42 bits per heavy atom. The molecule has 106 valence electrons. The molecule has 1 aliphatic heterocycles. The van der Waals surface area contributed by atoms with Crippen molar-refractivity contribution in [2.45, 2.75) is 33.4 Å². The molecule has 19 heavy (non-hydrogen) atoms. The SMILES string of the molecule is Cc1nc(CNC(=O)N2CCN(C(C)C)CC2)cs1. The fourth-order valence-corrected chi connectivity index (χ4v) is 2.82. The van der Waals surface area contributed by atoms with E-state index in [0.717, 1.165) is 36.9 Å². The molecule has 0 atom stereocenters. The number of carbonyl (C=O) groups is 1. The highest BCUT2D eigenvalue weighted by Crippen LogP contribution is 2.08. The summed E-state index contributed by atoms with van der Waals surface area (Å²) in [6.07, 6.45) is 0. The largest absolute Gasteiger partial charge is 0.332 e. The van der Waals surface area contributed by atoms with E-state index >= 15 is 0 Å². The van der Waals surface area contributed by atoms with Gasteiger partial charge in [-0.1, -0.05) is 0 Å². The maximum absolute atomic E-state index is 12.0. The zero-order chi connectivity index (χ0) is 13.8. The summed E-state index contributed by atoms with van der Waals surface area (Å²) >= 11 is 1.61. The highest BCUT2D eigenvalue weighted by Gasteiger charge is 2.22. The molecule has 2 rings (SSSR count). The first-order valence-corrected chi connectivity index (χ1v) is 7.62. The van der Waals surface area contributed by atoms with Gasteiger partial charge in [-0.05, 0) is 20.8 Å². The lowest BCUT2D eigenvalue weighted by molar-refractivity contribution is 0.119. The first-order chi connectivity index (χ1) is 9.06. The van der Waals surface area contributed by atoms with Gasteiger partial charge < -0.3 is 10.2 Å². The molecule has 0 unspecified atom stereocenters. The van der Waals surface area contributed by atoms with Gasteiger partial charge in [-0.3, -0.25) is 4.90 Å². The Kier molecular flexibility index (Phi) is 4.76. The fourth-order valence-electron chi connectivity index (χ4n) is 2.21. The summed E-state index contributed by atoms with van der Waals surface area (Å²) < 4.78 is 0. The van der Waals surface area contributed by atoms with Gasteiger partial charge in [0.25, 0.3) is 0 Å². The second-order valence-electron chi connectivity index (χ2n) is 5.13. The van der Waals surface area contributed by atoms with E-state index < -0.39 is 0 Å². The molecule has 0 aliphatic carbocycles. The Morgan fingerprint density at radius 3 is 2.63 bits per heavy atom. The molecule has 0 saturated carbocycles. The number of piperazine rings is 1. The minimum absolute atomic E-state index is 0.0223. The number of carbonyl (C=O) groups excluding carboxylic acids is 1. The van der Waals surface area contributed by atoms with Crippen LogP contribution in [0.25, 0.3) is 0 Å². The second kappa shape index (κ2) is 6.34. The summed E-state index contributed by atoms with van der Waals surface area (Å²) in [5.41, 5.74) is 0.941. The number of aromatic nitrogens is 1. The van der Waals surface area contributed by atoms with Gasteiger partial charge in [0.1, 0.15) is 0 Å². The van der Waals surface area contributed by atoms with E-state index in [9.17, 15) is 4.79 Å². The van der Waals surface area contributed by atoms with Gasteiger partial charge in [0.2, 0.25) is 0 Å². The summed E-state index contributed by atoms with van der Waals surface area (Å²) in [5.74, 6) is 0. The number of aryl methyl sites for hydroxylation is 1. The average Bonchev–Trinajstić information content (AvgIpc) is 2.82. The number of hydrogen-bond donors (Lipinski definition) is 1. The topological polar surface area (TPSA) is 48.5 Å². The standard InChI is InChI=1S/C13H22N4OS/c1-10(2)16-4-6-17(7-5-16)13(18)14-8-12-9-19-11(3)15-12/h9-10H,4-8H2,1-3H3,(H,14,18). The molecule has 2 heterocycles. The van der Waals surface area contributed by atoms with Crippen molar-refractivity contribution in [1.29, 1.82) is 0 Å². The van der Waals surface area contributed by atoms with Gasteiger partial charge in [-0.25, -0.2) is 9.78 Å². The van der Waals surface area contributed by atoms with Gasteiger partial charge in [0, 0.05) is 37.6 Å². The van der Waals surface area contributed by atoms with Crippen LogP contribution in [0.2, 0.25) is 0 Å². The van der Waals surface area contributed by atoms with Gasteiger partial charge in [0.05, 0.1) is 17.2 Å².